The van der Waals surface area contributed by atoms with Gasteiger partial charge in [-0.05, 0) is 29.8 Å². The lowest BCUT2D eigenvalue weighted by Gasteiger charge is -2.21. The molecule has 0 heterocycles. The molecule has 0 saturated carbocycles. The zero-order chi connectivity index (χ0) is 20.4. The lowest BCUT2D eigenvalue weighted by Crippen LogP contribution is -2.32. The van der Waals surface area contributed by atoms with Crippen molar-refractivity contribution in [2.75, 3.05) is 13.1 Å². The van der Waals surface area contributed by atoms with E-state index in [0.29, 0.717) is 6.54 Å². The third-order valence-electron chi connectivity index (χ3n) is 4.85. The molecule has 0 aliphatic carbocycles. The van der Waals surface area contributed by atoms with Crippen LogP contribution in [0.5, 0.6) is 0 Å². The summed E-state index contributed by atoms with van der Waals surface area (Å²) in [5.74, 6) is -0.230. The summed E-state index contributed by atoms with van der Waals surface area (Å²) in [6, 6.07) is 17.5. The number of carbonyl (C=O) groups is 2. The molecule has 28 heavy (non-hydrogen) atoms. The molecule has 0 spiro atoms. The van der Waals surface area contributed by atoms with Crippen LogP contribution in [-0.2, 0) is 22.7 Å². The smallest absolute Gasteiger partial charge is 0.222 e. The zero-order valence-corrected chi connectivity index (χ0v) is 17.1. The van der Waals surface area contributed by atoms with E-state index in [2.05, 4.69) is 41.5 Å². The van der Waals surface area contributed by atoms with E-state index in [0.717, 1.165) is 30.8 Å². The molecular weight excluding hydrogens is 350 g/mol. The SMILES string of the molecule is CCN(CC)Cc1ccccc1CNC(=O)C[C@H](NC(C)=O)c1ccccc1. The number of hydrogen-bond donors (Lipinski definition) is 2. The van der Waals surface area contributed by atoms with Crippen molar-refractivity contribution in [3.63, 3.8) is 0 Å². The van der Waals surface area contributed by atoms with Crippen LogP contribution in [-0.4, -0.2) is 29.8 Å². The minimum atomic E-state index is -0.329. The van der Waals surface area contributed by atoms with Crippen molar-refractivity contribution < 1.29 is 9.59 Å². The van der Waals surface area contributed by atoms with Crippen molar-refractivity contribution in [1.29, 1.82) is 0 Å². The molecule has 0 saturated heterocycles. The Hall–Kier alpha value is -2.66. The predicted octanol–water partition coefficient (Wildman–Crippen LogP) is 3.41. The quantitative estimate of drug-likeness (QED) is 0.663. The van der Waals surface area contributed by atoms with E-state index in [-0.39, 0.29) is 24.3 Å². The summed E-state index contributed by atoms with van der Waals surface area (Å²) in [5, 5.41) is 5.88. The lowest BCUT2D eigenvalue weighted by molar-refractivity contribution is -0.122. The molecule has 0 aromatic heterocycles. The summed E-state index contributed by atoms with van der Waals surface area (Å²) in [6.07, 6.45) is 0.210. The third kappa shape index (κ3) is 6.82. The number of amides is 2. The van der Waals surface area contributed by atoms with Gasteiger partial charge in [0.25, 0.3) is 0 Å². The molecule has 0 fully saturated rings. The molecule has 0 aliphatic rings. The van der Waals surface area contributed by atoms with Gasteiger partial charge in [0.2, 0.25) is 11.8 Å². The van der Waals surface area contributed by atoms with E-state index in [9.17, 15) is 9.59 Å². The summed E-state index contributed by atoms with van der Waals surface area (Å²) < 4.78 is 0. The van der Waals surface area contributed by atoms with Gasteiger partial charge in [0.05, 0.1) is 12.5 Å². The summed E-state index contributed by atoms with van der Waals surface area (Å²) >= 11 is 0. The van der Waals surface area contributed by atoms with Gasteiger partial charge < -0.3 is 10.6 Å². The van der Waals surface area contributed by atoms with Gasteiger partial charge in [-0.3, -0.25) is 14.5 Å². The van der Waals surface area contributed by atoms with Crippen molar-refractivity contribution in [2.45, 2.75) is 46.3 Å². The molecular formula is C23H31N3O2. The van der Waals surface area contributed by atoms with Gasteiger partial charge in [0.1, 0.15) is 0 Å². The Labute approximate surface area is 168 Å². The minimum absolute atomic E-state index is 0.0831. The fraction of sp³-hybridized carbons (Fsp3) is 0.391. The first kappa shape index (κ1) is 21.6. The predicted molar refractivity (Wildman–Crippen MR) is 113 cm³/mol. The Morgan fingerprint density at radius 3 is 2.14 bits per heavy atom. The van der Waals surface area contributed by atoms with Crippen molar-refractivity contribution in [3.05, 3.63) is 71.3 Å². The normalized spacial score (nSPS) is 11.9. The first-order chi connectivity index (χ1) is 13.5. The second kappa shape index (κ2) is 11.2. The maximum absolute atomic E-state index is 12.6. The molecule has 150 valence electrons. The fourth-order valence-electron chi connectivity index (χ4n) is 3.21. The van der Waals surface area contributed by atoms with Crippen LogP contribution in [0.25, 0.3) is 0 Å². The minimum Gasteiger partial charge on any atom is -0.352 e. The summed E-state index contributed by atoms with van der Waals surface area (Å²) in [5.41, 5.74) is 3.28. The molecule has 1 atom stereocenters. The lowest BCUT2D eigenvalue weighted by atomic mass is 10.0. The van der Waals surface area contributed by atoms with Gasteiger partial charge in [-0.2, -0.15) is 0 Å². The van der Waals surface area contributed by atoms with Crippen LogP contribution in [0.2, 0.25) is 0 Å². The number of benzene rings is 2. The number of rotatable bonds is 10. The standard InChI is InChI=1S/C23H31N3O2/c1-4-26(5-2)17-21-14-10-9-13-20(21)16-24-23(28)15-22(25-18(3)27)19-11-7-6-8-12-19/h6-14,22H,4-5,15-17H2,1-3H3,(H,24,28)(H,25,27)/t22-/m0/s1. The van der Waals surface area contributed by atoms with Crippen molar-refractivity contribution in [3.8, 4) is 0 Å². The van der Waals surface area contributed by atoms with Crippen molar-refractivity contribution in [1.82, 2.24) is 15.5 Å². The molecule has 0 aliphatic heterocycles. The maximum Gasteiger partial charge on any atom is 0.222 e. The van der Waals surface area contributed by atoms with Gasteiger partial charge in [-0.15, -0.1) is 0 Å². The average Bonchev–Trinajstić information content (AvgIpc) is 2.71. The molecule has 2 rings (SSSR count). The van der Waals surface area contributed by atoms with Gasteiger partial charge in [0.15, 0.2) is 0 Å². The van der Waals surface area contributed by atoms with Crippen molar-refractivity contribution >= 4 is 11.8 Å². The Morgan fingerprint density at radius 2 is 1.54 bits per heavy atom. The Morgan fingerprint density at radius 1 is 0.929 bits per heavy atom. The van der Waals surface area contributed by atoms with Crippen LogP contribution in [0.3, 0.4) is 0 Å². The largest absolute Gasteiger partial charge is 0.352 e. The van der Waals surface area contributed by atoms with Crippen LogP contribution < -0.4 is 10.6 Å². The number of nitrogens with one attached hydrogen (secondary N) is 2. The molecule has 2 aromatic carbocycles. The van der Waals surface area contributed by atoms with Crippen LogP contribution in [0, 0.1) is 0 Å². The zero-order valence-electron chi connectivity index (χ0n) is 17.1. The van der Waals surface area contributed by atoms with Gasteiger partial charge in [-0.1, -0.05) is 68.4 Å². The van der Waals surface area contributed by atoms with Gasteiger partial charge in [0, 0.05) is 20.0 Å². The summed E-state index contributed by atoms with van der Waals surface area (Å²) in [4.78, 5) is 26.4. The number of nitrogens with zero attached hydrogens (tertiary/aromatic N) is 1. The highest BCUT2D eigenvalue weighted by molar-refractivity contribution is 5.79. The third-order valence-corrected chi connectivity index (χ3v) is 4.85. The Kier molecular flexibility index (Phi) is 8.69. The molecule has 0 unspecified atom stereocenters. The van der Waals surface area contributed by atoms with E-state index < -0.39 is 0 Å². The van der Waals surface area contributed by atoms with Crippen LogP contribution in [0.15, 0.2) is 54.6 Å². The Balaban J connectivity index is 2.00. The maximum atomic E-state index is 12.6. The van der Waals surface area contributed by atoms with Crippen LogP contribution in [0.4, 0.5) is 0 Å². The first-order valence-corrected chi connectivity index (χ1v) is 9.91. The molecule has 2 N–H and O–H groups in total. The van der Waals surface area contributed by atoms with Gasteiger partial charge >= 0.3 is 0 Å². The number of carbonyl (C=O) groups excluding carboxylic acids is 2. The van der Waals surface area contributed by atoms with E-state index in [1.807, 2.05) is 42.5 Å². The van der Waals surface area contributed by atoms with Crippen molar-refractivity contribution in [2.24, 2.45) is 0 Å². The summed E-state index contributed by atoms with van der Waals surface area (Å²) in [7, 11) is 0. The van der Waals surface area contributed by atoms with E-state index in [1.54, 1.807) is 0 Å². The van der Waals surface area contributed by atoms with E-state index in [4.69, 9.17) is 0 Å². The fourth-order valence-corrected chi connectivity index (χ4v) is 3.21. The highest BCUT2D eigenvalue weighted by atomic mass is 16.2. The molecule has 5 heteroatoms. The monoisotopic (exact) mass is 381 g/mol. The molecule has 2 amide bonds. The summed E-state index contributed by atoms with van der Waals surface area (Å²) in [6.45, 7) is 9.12. The van der Waals surface area contributed by atoms with E-state index >= 15 is 0 Å². The average molecular weight is 382 g/mol. The molecule has 0 bridgehead atoms. The Bertz CT molecular complexity index is 757. The molecule has 0 radical (unpaired) electrons. The second-order valence-electron chi connectivity index (χ2n) is 6.87. The highest BCUT2D eigenvalue weighted by Crippen LogP contribution is 2.17. The van der Waals surface area contributed by atoms with E-state index in [1.165, 1.54) is 12.5 Å². The van der Waals surface area contributed by atoms with Crippen LogP contribution in [0.1, 0.15) is 49.9 Å². The van der Waals surface area contributed by atoms with Crippen LogP contribution >= 0.6 is 0 Å². The molecule has 2 aromatic rings. The second-order valence-corrected chi connectivity index (χ2v) is 6.87. The number of hydrogen-bond acceptors (Lipinski definition) is 3. The highest BCUT2D eigenvalue weighted by Gasteiger charge is 2.17. The first-order valence-electron chi connectivity index (χ1n) is 9.91. The topological polar surface area (TPSA) is 61.4 Å². The van der Waals surface area contributed by atoms with Gasteiger partial charge in [-0.25, -0.2) is 0 Å². The molecule has 5 nitrogen and oxygen atoms in total.